The fourth-order valence-electron chi connectivity index (χ4n) is 5.14. The van der Waals surface area contributed by atoms with Crippen LogP contribution in [0.5, 0.6) is 5.75 Å². The number of alkyl halides is 1. The summed E-state index contributed by atoms with van der Waals surface area (Å²) in [7, 11) is 1.66. The van der Waals surface area contributed by atoms with Crippen LogP contribution in [0.3, 0.4) is 0 Å². The van der Waals surface area contributed by atoms with Gasteiger partial charge in [-0.3, -0.25) is 4.90 Å². The van der Waals surface area contributed by atoms with Crippen molar-refractivity contribution >= 4 is 28.9 Å². The highest BCUT2D eigenvalue weighted by atomic mass is 19.1. The average molecular weight is 570 g/mol. The lowest BCUT2D eigenvalue weighted by molar-refractivity contribution is -0.000717. The van der Waals surface area contributed by atoms with Gasteiger partial charge < -0.3 is 30.0 Å². The maximum Gasteiger partial charge on any atom is 0.410 e. The number of hydrogen-bond donors (Lipinski definition) is 2. The van der Waals surface area contributed by atoms with E-state index in [0.29, 0.717) is 32.7 Å². The number of halogens is 1. The van der Waals surface area contributed by atoms with E-state index in [1.165, 1.54) is 0 Å². The van der Waals surface area contributed by atoms with Gasteiger partial charge in [-0.25, -0.2) is 14.2 Å². The van der Waals surface area contributed by atoms with Crippen LogP contribution in [0.15, 0.2) is 30.5 Å². The van der Waals surface area contributed by atoms with E-state index >= 15 is 0 Å². The molecule has 1 amide bonds. The third-order valence-electron chi connectivity index (χ3n) is 7.21. The second-order valence-corrected chi connectivity index (χ2v) is 11.6. The highest BCUT2D eigenvalue weighted by molar-refractivity contribution is 5.87. The third kappa shape index (κ3) is 7.78. The molecule has 1 fully saturated rings. The van der Waals surface area contributed by atoms with Gasteiger partial charge in [0.25, 0.3) is 0 Å². The molecule has 41 heavy (non-hydrogen) atoms. The summed E-state index contributed by atoms with van der Waals surface area (Å²) in [6, 6.07) is 7.66. The number of nitrogens with two attached hydrogens (primary N) is 1. The highest BCUT2D eigenvalue weighted by Crippen LogP contribution is 2.28. The van der Waals surface area contributed by atoms with Crippen molar-refractivity contribution in [3.8, 4) is 5.75 Å². The minimum absolute atomic E-state index is 0.244. The molecule has 1 atom stereocenters. The molecule has 11 heteroatoms. The minimum atomic E-state index is -0.586. The molecule has 3 heterocycles. The molecule has 4 rings (SSSR count). The first-order valence-corrected chi connectivity index (χ1v) is 14.4. The maximum atomic E-state index is 14.1. The summed E-state index contributed by atoms with van der Waals surface area (Å²) in [5.41, 5.74) is 9.09. The van der Waals surface area contributed by atoms with Crippen molar-refractivity contribution in [1.29, 1.82) is 0 Å². The van der Waals surface area contributed by atoms with Gasteiger partial charge in [-0.05, 0) is 44.9 Å². The number of ether oxygens (including phenoxy) is 2. The van der Waals surface area contributed by atoms with Gasteiger partial charge in [0.1, 0.15) is 23.5 Å². The van der Waals surface area contributed by atoms with Crippen LogP contribution < -0.4 is 15.8 Å². The van der Waals surface area contributed by atoms with Crippen molar-refractivity contribution in [2.45, 2.75) is 71.7 Å². The summed E-state index contributed by atoms with van der Waals surface area (Å²) >= 11 is 0. The number of carbonyl (C=O) groups excluding carboxylic acids is 1. The van der Waals surface area contributed by atoms with Crippen LogP contribution in [0, 0.1) is 0 Å². The second kappa shape index (κ2) is 13.4. The summed E-state index contributed by atoms with van der Waals surface area (Å²) in [5, 5.41) is 3.44. The fraction of sp³-hybridized carbons (Fsp3) is 0.567. The fourth-order valence-corrected chi connectivity index (χ4v) is 5.14. The molecule has 0 aliphatic carbocycles. The smallest absolute Gasteiger partial charge is 0.410 e. The monoisotopic (exact) mass is 569 g/mol. The number of nitrogens with one attached hydrogen (secondary N) is 1. The van der Waals surface area contributed by atoms with Crippen LogP contribution in [0.1, 0.15) is 58.1 Å². The Morgan fingerprint density at radius 2 is 1.98 bits per heavy atom. The van der Waals surface area contributed by atoms with Crippen LogP contribution in [-0.4, -0.2) is 82.0 Å². The summed E-state index contributed by atoms with van der Waals surface area (Å²) in [6.45, 7) is 10.4. The molecule has 0 spiro atoms. The first-order chi connectivity index (χ1) is 19.6. The van der Waals surface area contributed by atoms with Crippen molar-refractivity contribution in [2.24, 2.45) is 0 Å². The topological polar surface area (TPSA) is 111 Å². The summed E-state index contributed by atoms with van der Waals surface area (Å²) in [4.78, 5) is 25.1. The number of anilines is 2. The van der Waals surface area contributed by atoms with Gasteiger partial charge in [0, 0.05) is 44.5 Å². The van der Waals surface area contributed by atoms with E-state index in [0.717, 1.165) is 59.5 Å². The number of benzene rings is 1. The SMILES string of the molecule is CCCCCNc1nc(N)nc2ccn(Cc3ccc(CN4CCN(C(=O)OC(C)(C)C)C[C@H]4CF)cc3OC)c12. The summed E-state index contributed by atoms with van der Waals surface area (Å²) in [6.07, 6.45) is 4.93. The van der Waals surface area contributed by atoms with Gasteiger partial charge in [-0.15, -0.1) is 0 Å². The second-order valence-electron chi connectivity index (χ2n) is 11.6. The number of nitrogens with zero attached hydrogens (tertiary/aromatic N) is 5. The number of amides is 1. The number of unbranched alkanes of at least 4 members (excludes halogenated alkanes) is 2. The molecule has 3 aromatic rings. The molecular formula is C30H44FN7O3. The van der Waals surface area contributed by atoms with E-state index in [9.17, 15) is 9.18 Å². The summed E-state index contributed by atoms with van der Waals surface area (Å²) in [5.74, 6) is 1.73. The standard InChI is InChI=1S/C30H44FN7O3/c1-6-7-8-12-33-27-26-24(34-28(32)35-27)11-13-37(26)19-22-10-9-21(16-25(22)40-5)18-36-14-15-38(20-23(36)17-31)29(39)41-30(2,3)4/h9-11,13,16,23H,6-8,12,14-15,17-20H2,1-5H3,(H3,32,33,34,35)/t23-/m1/s1. The lowest BCUT2D eigenvalue weighted by Crippen LogP contribution is -2.55. The quantitative estimate of drug-likeness (QED) is 0.308. The van der Waals surface area contributed by atoms with Crippen molar-refractivity contribution in [1.82, 2.24) is 24.3 Å². The molecule has 1 aliphatic rings. The number of aromatic nitrogens is 3. The van der Waals surface area contributed by atoms with Gasteiger partial charge in [0.2, 0.25) is 5.95 Å². The number of hydrogen-bond acceptors (Lipinski definition) is 8. The molecule has 3 N–H and O–H groups in total. The van der Waals surface area contributed by atoms with Crippen molar-refractivity contribution in [2.75, 3.05) is 51.0 Å². The molecular weight excluding hydrogens is 525 g/mol. The highest BCUT2D eigenvalue weighted by Gasteiger charge is 2.32. The molecule has 1 aliphatic heterocycles. The van der Waals surface area contributed by atoms with Gasteiger partial charge >= 0.3 is 6.09 Å². The number of methoxy groups -OCH3 is 1. The van der Waals surface area contributed by atoms with Crippen LogP contribution in [0.25, 0.3) is 11.0 Å². The molecule has 1 aromatic carbocycles. The molecule has 2 aromatic heterocycles. The zero-order chi connectivity index (χ0) is 29.6. The molecule has 0 saturated carbocycles. The van der Waals surface area contributed by atoms with Crippen molar-refractivity contribution in [3.05, 3.63) is 41.6 Å². The van der Waals surface area contributed by atoms with Gasteiger partial charge in [0.05, 0.1) is 25.2 Å². The predicted molar refractivity (Wildman–Crippen MR) is 160 cm³/mol. The zero-order valence-electron chi connectivity index (χ0n) is 25.0. The maximum absolute atomic E-state index is 14.1. The third-order valence-corrected chi connectivity index (χ3v) is 7.21. The lowest BCUT2D eigenvalue weighted by Gasteiger charge is -2.40. The van der Waals surface area contributed by atoms with E-state index in [4.69, 9.17) is 15.2 Å². The minimum Gasteiger partial charge on any atom is -0.496 e. The number of piperazine rings is 1. The Bertz CT molecular complexity index is 1320. The largest absolute Gasteiger partial charge is 0.496 e. The zero-order valence-corrected chi connectivity index (χ0v) is 25.0. The van der Waals surface area contributed by atoms with Gasteiger partial charge in [0.15, 0.2) is 5.82 Å². The van der Waals surface area contributed by atoms with Crippen molar-refractivity contribution in [3.63, 3.8) is 0 Å². The van der Waals surface area contributed by atoms with Crippen LogP contribution in [0.4, 0.5) is 21.0 Å². The van der Waals surface area contributed by atoms with Gasteiger partial charge in [-0.1, -0.05) is 31.9 Å². The molecule has 1 saturated heterocycles. The lowest BCUT2D eigenvalue weighted by atomic mass is 10.1. The number of nitrogen functional groups attached to an aromatic ring is 1. The van der Waals surface area contributed by atoms with Crippen LogP contribution in [0.2, 0.25) is 0 Å². The Kier molecular flexibility index (Phi) is 9.90. The van der Waals surface area contributed by atoms with E-state index in [-0.39, 0.29) is 5.95 Å². The Morgan fingerprint density at radius 1 is 1.17 bits per heavy atom. The Hall–Kier alpha value is -3.60. The van der Waals surface area contributed by atoms with Gasteiger partial charge in [-0.2, -0.15) is 4.98 Å². The average Bonchev–Trinajstić information content (AvgIpc) is 3.33. The van der Waals surface area contributed by atoms with E-state index in [1.54, 1.807) is 12.0 Å². The Labute approximate surface area is 242 Å². The van der Waals surface area contributed by atoms with Crippen LogP contribution in [-0.2, 0) is 17.8 Å². The number of rotatable bonds is 11. The first-order valence-electron chi connectivity index (χ1n) is 14.4. The first kappa shape index (κ1) is 30.4. The van der Waals surface area contributed by atoms with Crippen molar-refractivity contribution < 1.29 is 18.7 Å². The van der Waals surface area contributed by atoms with Crippen LogP contribution >= 0.6 is 0 Å². The molecule has 224 valence electrons. The molecule has 10 nitrogen and oxygen atoms in total. The number of carbonyl (C=O) groups is 1. The molecule has 0 radical (unpaired) electrons. The predicted octanol–water partition coefficient (Wildman–Crippen LogP) is 5.06. The molecule has 0 unspecified atom stereocenters. The summed E-state index contributed by atoms with van der Waals surface area (Å²) < 4.78 is 27.4. The Morgan fingerprint density at radius 3 is 2.68 bits per heavy atom. The van der Waals surface area contributed by atoms with E-state index < -0.39 is 24.4 Å². The molecule has 0 bridgehead atoms. The van der Waals surface area contributed by atoms with E-state index in [1.807, 2.05) is 45.2 Å². The van der Waals surface area contributed by atoms with E-state index in [2.05, 4.69) is 37.7 Å². The normalized spacial score (nSPS) is 16.2. The number of fused-ring (bicyclic) bond motifs is 1. The Balaban J connectivity index is 1.47.